The Labute approximate surface area is 288 Å². The molecule has 0 heterocycles. The summed E-state index contributed by atoms with van der Waals surface area (Å²) in [4.78, 5) is 0. The predicted octanol–water partition coefficient (Wildman–Crippen LogP) is 11.6. The van der Waals surface area contributed by atoms with Crippen LogP contribution in [0.2, 0.25) is 0 Å². The Hall–Kier alpha value is -6.72. The maximum Gasteiger partial charge on any atom is 0.00518 e. The van der Waals surface area contributed by atoms with E-state index in [9.17, 15) is 0 Å². The molecule has 0 amide bonds. The third-order valence-electron chi connectivity index (χ3n) is 5.93. The smallest absolute Gasteiger partial charge is 0.00518 e. The Bertz CT molecular complexity index is 2210. The fraction of sp³-hybridized carbons (Fsp3) is 0.312. The van der Waals surface area contributed by atoms with Crippen LogP contribution < -0.4 is 0 Å². The van der Waals surface area contributed by atoms with Gasteiger partial charge in [-0.05, 0) is 220 Å². The van der Waals surface area contributed by atoms with Gasteiger partial charge in [0, 0.05) is 6.42 Å². The first-order valence-electron chi connectivity index (χ1n) is 15.3. The first-order chi connectivity index (χ1) is 23.2. The fourth-order valence-electron chi connectivity index (χ4n) is 2.46. The van der Waals surface area contributed by atoms with Gasteiger partial charge < -0.3 is 0 Å². The Kier molecular flexibility index (Phi) is 30.0. The van der Waals surface area contributed by atoms with Gasteiger partial charge in [-0.2, -0.15) is 0 Å². The van der Waals surface area contributed by atoms with E-state index in [1.165, 1.54) is 12.8 Å². The zero-order chi connectivity index (χ0) is 36.1. The molecule has 0 nitrogen and oxygen atoms in total. The molecule has 2 saturated carbocycles. The zero-order valence-electron chi connectivity index (χ0n) is 29.5. The van der Waals surface area contributed by atoms with Crippen LogP contribution in [0.5, 0.6) is 0 Å². The second-order valence-corrected chi connectivity index (χ2v) is 10.3. The molecule has 0 radical (unpaired) electrons. The molecule has 0 saturated heterocycles. The largest absolute Gasteiger partial charge is 0.0919 e. The van der Waals surface area contributed by atoms with Crippen molar-refractivity contribution < 1.29 is 0 Å². The molecule has 2 fully saturated rings. The Morgan fingerprint density at radius 3 is 0.771 bits per heavy atom. The second-order valence-electron chi connectivity index (χ2n) is 10.3. The van der Waals surface area contributed by atoms with Gasteiger partial charge in [0.15, 0.2) is 0 Å². The van der Waals surface area contributed by atoms with E-state index in [1.807, 2.05) is 39.8 Å². The summed E-state index contributed by atoms with van der Waals surface area (Å²) in [5.74, 6) is 4.20. The highest BCUT2D eigenvalue weighted by Gasteiger charge is 2.26. The van der Waals surface area contributed by atoms with Gasteiger partial charge in [-0.25, -0.2) is 0 Å². The van der Waals surface area contributed by atoms with Gasteiger partial charge in [-0.1, -0.05) is 62.8 Å². The lowest BCUT2D eigenvalue weighted by molar-refractivity contribution is 0.834. The first kappa shape index (κ1) is 43.4. The highest BCUT2D eigenvalue weighted by atomic mass is 14.3. The van der Waals surface area contributed by atoms with Crippen LogP contribution in [0.1, 0.15) is 74.7 Å². The number of allylic oxidation sites excluding steroid dienone is 4. The van der Waals surface area contributed by atoms with Crippen molar-refractivity contribution in [3.63, 3.8) is 0 Å². The molecule has 0 aromatic rings. The molecular formula is C48H40. The van der Waals surface area contributed by atoms with Crippen LogP contribution >= 0.6 is 0 Å². The molecule has 2 rings (SSSR count). The van der Waals surface area contributed by atoms with E-state index in [1.54, 1.807) is 0 Å². The van der Waals surface area contributed by atoms with Crippen LogP contribution in [-0.4, -0.2) is 0 Å². The summed E-state index contributed by atoms with van der Waals surface area (Å²) in [5.41, 5.74) is 71.2. The van der Waals surface area contributed by atoms with Crippen molar-refractivity contribution >= 4 is 0 Å². The summed E-state index contributed by atoms with van der Waals surface area (Å²) in [6.07, 6.45) is 7.57. The molecule has 0 aromatic carbocycles. The van der Waals surface area contributed by atoms with Crippen LogP contribution in [0.25, 0.3) is 0 Å². The molecule has 0 aromatic heterocycles. The molecule has 0 spiro atoms. The van der Waals surface area contributed by atoms with Crippen molar-refractivity contribution in [2.45, 2.75) is 74.7 Å². The Morgan fingerprint density at radius 2 is 0.604 bits per heavy atom. The van der Waals surface area contributed by atoms with E-state index in [-0.39, 0.29) is 0 Å². The molecule has 2 unspecified atom stereocenters. The van der Waals surface area contributed by atoms with Crippen molar-refractivity contribution in [2.24, 2.45) is 23.7 Å². The SMILES string of the molecule is C/C=C\C.C=C=C=C=C=C=C=C=C=C=C=C=C=C=C=C(C)CC(C)=C=C=C=C=C=C=C=C=C=C=C=C=C=C.CC1C[C@@H]1C.CC1C[C@@H]1C. The minimum Gasteiger partial charge on any atom is -0.0919 e. The lowest BCUT2D eigenvalue weighted by Gasteiger charge is -1.91. The number of rotatable bonds is 2. The van der Waals surface area contributed by atoms with Gasteiger partial charge in [0.05, 0.1) is 0 Å². The van der Waals surface area contributed by atoms with E-state index in [4.69, 9.17) is 0 Å². The van der Waals surface area contributed by atoms with E-state index in [2.05, 4.69) is 196 Å². The van der Waals surface area contributed by atoms with Crippen LogP contribution in [0.15, 0.2) is 191 Å². The van der Waals surface area contributed by atoms with Crippen LogP contribution in [0.4, 0.5) is 0 Å². The molecule has 0 aliphatic heterocycles. The maximum absolute atomic E-state index is 3.32. The molecule has 232 valence electrons. The molecular weight excluding hydrogens is 577 g/mol. The predicted molar refractivity (Wildman–Crippen MR) is 195 cm³/mol. The monoisotopic (exact) mass is 616 g/mol. The van der Waals surface area contributed by atoms with Crippen molar-refractivity contribution in [2.75, 3.05) is 0 Å². The normalized spacial score (nSPS) is 14.5. The van der Waals surface area contributed by atoms with Gasteiger partial charge in [-0.3, -0.25) is 0 Å². The quantitative estimate of drug-likeness (QED) is 0.214. The van der Waals surface area contributed by atoms with E-state index in [0.717, 1.165) is 34.8 Å². The summed E-state index contributed by atoms with van der Waals surface area (Å²) >= 11 is 0. The summed E-state index contributed by atoms with van der Waals surface area (Å²) in [6, 6.07) is 0. The summed E-state index contributed by atoms with van der Waals surface area (Å²) in [5, 5.41) is 0. The van der Waals surface area contributed by atoms with Crippen molar-refractivity contribution in [3.05, 3.63) is 191 Å². The van der Waals surface area contributed by atoms with Gasteiger partial charge in [0.25, 0.3) is 0 Å². The third kappa shape index (κ3) is 37.3. The lowest BCUT2D eigenvalue weighted by Crippen LogP contribution is -1.75. The van der Waals surface area contributed by atoms with Crippen molar-refractivity contribution in [3.8, 4) is 0 Å². The Balaban J connectivity index is 0. The highest BCUT2D eigenvalue weighted by molar-refractivity contribution is 5.11. The zero-order valence-corrected chi connectivity index (χ0v) is 29.5. The molecule has 0 N–H and O–H groups in total. The third-order valence-corrected chi connectivity index (χ3v) is 5.93. The first-order valence-corrected chi connectivity index (χ1v) is 15.3. The average molecular weight is 617 g/mol. The van der Waals surface area contributed by atoms with Gasteiger partial charge in [0.1, 0.15) is 0 Å². The van der Waals surface area contributed by atoms with Gasteiger partial charge >= 0.3 is 0 Å². The summed E-state index contributed by atoms with van der Waals surface area (Å²) in [7, 11) is 0. The molecule has 48 heavy (non-hydrogen) atoms. The minimum atomic E-state index is 0.630. The molecule has 2 aliphatic rings. The average Bonchev–Trinajstić information content (AvgIpc) is 3.95. The second kappa shape index (κ2) is 33.2. The number of hydrogen-bond donors (Lipinski definition) is 0. The van der Waals surface area contributed by atoms with E-state index in [0.29, 0.717) is 6.42 Å². The van der Waals surface area contributed by atoms with Crippen LogP contribution in [-0.2, 0) is 0 Å². The highest BCUT2D eigenvalue weighted by Crippen LogP contribution is 2.36. The van der Waals surface area contributed by atoms with Gasteiger partial charge in [-0.15, -0.1) is 0 Å². The van der Waals surface area contributed by atoms with Gasteiger partial charge in [0.2, 0.25) is 0 Å². The fourth-order valence-corrected chi connectivity index (χ4v) is 2.46. The molecule has 2 aliphatic carbocycles. The molecule has 0 heteroatoms. The Morgan fingerprint density at radius 1 is 0.417 bits per heavy atom. The summed E-state index contributed by atoms with van der Waals surface area (Å²) < 4.78 is 0. The maximum atomic E-state index is 3.32. The molecule has 0 bridgehead atoms. The van der Waals surface area contributed by atoms with Crippen LogP contribution in [0.3, 0.4) is 0 Å². The van der Waals surface area contributed by atoms with E-state index >= 15 is 0 Å². The van der Waals surface area contributed by atoms with Crippen LogP contribution in [0, 0.1) is 23.7 Å². The summed E-state index contributed by atoms with van der Waals surface area (Å²) in [6.45, 7) is 23.6. The van der Waals surface area contributed by atoms with Crippen molar-refractivity contribution in [1.29, 1.82) is 0 Å². The van der Waals surface area contributed by atoms with E-state index < -0.39 is 0 Å². The topological polar surface area (TPSA) is 0 Å². The molecule has 4 atom stereocenters. The lowest BCUT2D eigenvalue weighted by atomic mass is 10.1. The minimum absolute atomic E-state index is 0.630. The standard InChI is InChI=1S/C34H12.2C5H10.C4H8/c1-5-7-9-11-13-15-17-19-21-23-25-27-29-31-34(4)32-33(3)30-28-26-24-22-20-18-16-14-12-10-8-6-2;2*1-4-3-5(4)2;1-3-4-2/h1-2,32H2,3-4H3;2*4-5H,3H2,1-2H3;3-4H,1-2H3/b;;;4-3-/t;2*4-,5?;/m.00./s1. The van der Waals surface area contributed by atoms with Crippen molar-refractivity contribution in [1.82, 2.24) is 0 Å². The number of hydrogen-bond acceptors (Lipinski definition) is 0.